The van der Waals surface area contributed by atoms with E-state index >= 15 is 0 Å². The van der Waals surface area contributed by atoms with Crippen molar-refractivity contribution in [1.29, 1.82) is 0 Å². The minimum Gasteiger partial charge on any atom is -0.385 e. The van der Waals surface area contributed by atoms with Crippen LogP contribution in [-0.4, -0.2) is 139 Å². The monoisotopic (exact) mass is 689 g/mol. The van der Waals surface area contributed by atoms with Gasteiger partial charge in [-0.15, -0.1) is 0 Å². The third kappa shape index (κ3) is 10.8. The SMILES string of the molecule is COCCOCCOCCOCCCN(C1CCC(CCOC)(C(=O)N2CCc3ncc(C(F)(F)F)cc3C2)C1)C1CCOCC1OC. The number of nitrogens with zero attached hydrogens (tertiary/aromatic N) is 3. The summed E-state index contributed by atoms with van der Waals surface area (Å²) in [4.78, 5) is 22.7. The summed E-state index contributed by atoms with van der Waals surface area (Å²) in [5.74, 6) is -0.00670. The van der Waals surface area contributed by atoms with Crippen LogP contribution in [0.2, 0.25) is 0 Å². The van der Waals surface area contributed by atoms with Crippen molar-refractivity contribution in [3.63, 3.8) is 0 Å². The normalized spacial score (nSPS) is 24.7. The number of pyridine rings is 1. The van der Waals surface area contributed by atoms with E-state index in [1.807, 2.05) is 0 Å². The predicted octanol–water partition coefficient (Wildman–Crippen LogP) is 3.75. The molecular weight excluding hydrogens is 635 g/mol. The summed E-state index contributed by atoms with van der Waals surface area (Å²) in [6, 6.07) is 1.41. The Labute approximate surface area is 282 Å². The van der Waals surface area contributed by atoms with Crippen LogP contribution in [0, 0.1) is 5.41 Å². The molecule has 0 aromatic carbocycles. The van der Waals surface area contributed by atoms with Gasteiger partial charge < -0.3 is 38.1 Å². The average molecular weight is 690 g/mol. The molecule has 1 saturated carbocycles. The molecule has 4 unspecified atom stereocenters. The van der Waals surface area contributed by atoms with E-state index in [2.05, 4.69) is 9.88 Å². The molecule has 274 valence electrons. The van der Waals surface area contributed by atoms with Crippen molar-refractivity contribution in [2.75, 3.05) is 100 Å². The molecule has 2 fully saturated rings. The number of methoxy groups -OCH3 is 3. The Kier molecular flexibility index (Phi) is 15.8. The lowest BCUT2D eigenvalue weighted by atomic mass is 9.80. The van der Waals surface area contributed by atoms with Crippen LogP contribution in [0.5, 0.6) is 0 Å². The Bertz CT molecular complexity index is 1120. The molecule has 1 aromatic heterocycles. The summed E-state index contributed by atoms with van der Waals surface area (Å²) in [5, 5.41) is 0. The zero-order valence-electron chi connectivity index (χ0n) is 28.8. The lowest BCUT2D eigenvalue weighted by molar-refractivity contribution is -0.144. The van der Waals surface area contributed by atoms with E-state index in [4.69, 9.17) is 33.2 Å². The lowest BCUT2D eigenvalue weighted by Gasteiger charge is -2.43. The number of alkyl halides is 3. The summed E-state index contributed by atoms with van der Waals surface area (Å²) in [5.41, 5.74) is -0.363. The molecule has 0 N–H and O–H groups in total. The van der Waals surface area contributed by atoms with Gasteiger partial charge in [0.05, 0.1) is 63.3 Å². The van der Waals surface area contributed by atoms with Gasteiger partial charge in [-0.05, 0) is 50.2 Å². The second kappa shape index (κ2) is 19.5. The van der Waals surface area contributed by atoms with Gasteiger partial charge in [-0.3, -0.25) is 14.7 Å². The molecule has 0 radical (unpaired) electrons. The summed E-state index contributed by atoms with van der Waals surface area (Å²) in [6.07, 6.45) is 1.09. The van der Waals surface area contributed by atoms with Gasteiger partial charge in [0, 0.05) is 91.2 Å². The highest BCUT2D eigenvalue weighted by Crippen LogP contribution is 2.46. The predicted molar refractivity (Wildman–Crippen MR) is 171 cm³/mol. The highest BCUT2D eigenvalue weighted by Gasteiger charge is 2.50. The van der Waals surface area contributed by atoms with Crippen LogP contribution < -0.4 is 0 Å². The fourth-order valence-corrected chi connectivity index (χ4v) is 7.25. The first kappa shape index (κ1) is 38.9. The number of carbonyl (C=O) groups is 1. The zero-order valence-corrected chi connectivity index (χ0v) is 28.8. The van der Waals surface area contributed by atoms with Crippen LogP contribution in [-0.2, 0) is 57.1 Å². The molecule has 0 bridgehead atoms. The highest BCUT2D eigenvalue weighted by atomic mass is 19.4. The molecule has 0 spiro atoms. The maximum Gasteiger partial charge on any atom is 0.417 e. The summed E-state index contributed by atoms with van der Waals surface area (Å²) >= 11 is 0. The van der Waals surface area contributed by atoms with Crippen LogP contribution in [0.3, 0.4) is 0 Å². The van der Waals surface area contributed by atoms with Gasteiger partial charge in [0.25, 0.3) is 0 Å². The molecule has 4 rings (SSSR count). The van der Waals surface area contributed by atoms with E-state index in [-0.39, 0.29) is 30.6 Å². The first-order valence-corrected chi connectivity index (χ1v) is 17.1. The molecular formula is C34H54F3N3O8. The van der Waals surface area contributed by atoms with Crippen molar-refractivity contribution < 1.29 is 51.1 Å². The van der Waals surface area contributed by atoms with E-state index in [0.29, 0.717) is 110 Å². The van der Waals surface area contributed by atoms with Crippen molar-refractivity contribution in [3.05, 3.63) is 29.1 Å². The van der Waals surface area contributed by atoms with E-state index in [0.717, 1.165) is 38.1 Å². The number of fused-ring (bicyclic) bond motifs is 1. The maximum atomic E-state index is 14.4. The molecule has 1 aliphatic carbocycles. The fourth-order valence-electron chi connectivity index (χ4n) is 7.25. The molecule has 3 aliphatic rings. The van der Waals surface area contributed by atoms with E-state index in [1.165, 1.54) is 0 Å². The molecule has 3 heterocycles. The molecule has 14 heteroatoms. The molecule has 1 saturated heterocycles. The minimum absolute atomic E-state index is 0.00670. The Morgan fingerprint density at radius 2 is 1.73 bits per heavy atom. The van der Waals surface area contributed by atoms with Crippen LogP contribution in [0.25, 0.3) is 0 Å². The van der Waals surface area contributed by atoms with Crippen molar-refractivity contribution in [3.8, 4) is 0 Å². The quantitative estimate of drug-likeness (QED) is 0.188. The standard InChI is InChI=1S/C34H54F3N3O8/c1-42-14-9-33(32(41)39-11-6-29-26(24-39)21-27(23-38-29)34(35,36)37)8-5-28(22-33)40(30-7-13-48-25-31(30)44-3)10-4-12-45-17-18-47-20-19-46-16-15-43-2/h21,23,28,30-31H,4-20,22,24-25H2,1-3H3. The smallest absolute Gasteiger partial charge is 0.385 e. The number of amides is 1. The van der Waals surface area contributed by atoms with Crippen molar-refractivity contribution in [1.82, 2.24) is 14.8 Å². The van der Waals surface area contributed by atoms with Gasteiger partial charge in [-0.25, -0.2) is 0 Å². The number of hydrogen-bond donors (Lipinski definition) is 0. The number of hydrogen-bond acceptors (Lipinski definition) is 10. The Balaban J connectivity index is 1.38. The number of ether oxygens (including phenoxy) is 7. The van der Waals surface area contributed by atoms with Gasteiger partial charge in [0.1, 0.15) is 0 Å². The number of rotatable bonds is 20. The first-order chi connectivity index (χ1) is 23.2. The Hall–Kier alpha value is -1.91. The summed E-state index contributed by atoms with van der Waals surface area (Å²) < 4.78 is 79.2. The van der Waals surface area contributed by atoms with Crippen molar-refractivity contribution in [2.45, 2.75) is 75.9 Å². The average Bonchev–Trinajstić information content (AvgIpc) is 3.53. The minimum atomic E-state index is -4.49. The van der Waals surface area contributed by atoms with Gasteiger partial charge in [-0.2, -0.15) is 13.2 Å². The first-order valence-electron chi connectivity index (χ1n) is 17.1. The topological polar surface area (TPSA) is 101 Å². The second-order valence-corrected chi connectivity index (χ2v) is 12.9. The maximum absolute atomic E-state index is 14.4. The summed E-state index contributed by atoms with van der Waals surface area (Å²) in [7, 11) is 4.98. The van der Waals surface area contributed by atoms with Crippen molar-refractivity contribution in [2.24, 2.45) is 5.41 Å². The molecule has 4 atom stereocenters. The molecule has 1 aromatic rings. The largest absolute Gasteiger partial charge is 0.417 e. The highest BCUT2D eigenvalue weighted by molar-refractivity contribution is 5.83. The van der Waals surface area contributed by atoms with Gasteiger partial charge >= 0.3 is 6.18 Å². The van der Waals surface area contributed by atoms with Gasteiger partial charge in [0.2, 0.25) is 5.91 Å². The molecule has 2 aliphatic heterocycles. The Morgan fingerprint density at radius 1 is 1.02 bits per heavy atom. The van der Waals surface area contributed by atoms with Gasteiger partial charge in [0.15, 0.2) is 0 Å². The third-order valence-corrected chi connectivity index (χ3v) is 9.82. The number of aromatic nitrogens is 1. The van der Waals surface area contributed by atoms with Crippen LogP contribution in [0.4, 0.5) is 13.2 Å². The van der Waals surface area contributed by atoms with Crippen LogP contribution in [0.15, 0.2) is 12.3 Å². The van der Waals surface area contributed by atoms with Crippen LogP contribution in [0.1, 0.15) is 55.3 Å². The third-order valence-electron chi connectivity index (χ3n) is 9.82. The number of halogens is 3. The molecule has 48 heavy (non-hydrogen) atoms. The lowest BCUT2D eigenvalue weighted by Crippen LogP contribution is -2.54. The van der Waals surface area contributed by atoms with E-state index < -0.39 is 17.2 Å². The van der Waals surface area contributed by atoms with Crippen LogP contribution >= 0.6 is 0 Å². The number of carbonyl (C=O) groups excluding carboxylic acids is 1. The van der Waals surface area contributed by atoms with Crippen molar-refractivity contribution >= 4 is 5.91 Å². The van der Waals surface area contributed by atoms with E-state index in [1.54, 1.807) is 26.2 Å². The molecule has 1 amide bonds. The fraction of sp³-hybridized carbons (Fsp3) is 0.824. The summed E-state index contributed by atoms with van der Waals surface area (Å²) in [6.45, 7) is 6.61. The zero-order chi connectivity index (χ0) is 34.4. The molecule has 11 nitrogen and oxygen atoms in total. The van der Waals surface area contributed by atoms with Gasteiger partial charge in [-0.1, -0.05) is 0 Å². The van der Waals surface area contributed by atoms with E-state index in [9.17, 15) is 18.0 Å². The Morgan fingerprint density at radius 3 is 2.42 bits per heavy atom. The second-order valence-electron chi connectivity index (χ2n) is 12.9.